The summed E-state index contributed by atoms with van der Waals surface area (Å²) in [5.41, 5.74) is 5.00. The molecule has 1 N–H and O–H groups in total. The van der Waals surface area contributed by atoms with Crippen LogP contribution in [0.1, 0.15) is 53.6 Å². The molecule has 4 aromatic rings. The number of nitrogens with zero attached hydrogens (tertiary/aromatic N) is 2. The number of anilines is 1. The van der Waals surface area contributed by atoms with Crippen LogP contribution in [0, 0.1) is 0 Å². The lowest BCUT2D eigenvalue weighted by Crippen LogP contribution is -2.37. The largest absolute Gasteiger partial charge is 0.755 e. The molecule has 3 atom stereocenters. The standard InChI is InChI=1S/C32H35N3O3S/c1-34(2)22-23-15-18-29-27(19-23)13-8-14-30(29)33-32(36)21-31(25-10-4-3-5-11-25)35(39(37)38)28-17-16-24-9-6-7-12-26(24)20-28/h3-7,9-12,15-20,30-31H,8,13-14,21-22H2,1-2H3,(H,33,36)(H,37,38)/p-1. The highest BCUT2D eigenvalue weighted by molar-refractivity contribution is 7.80. The highest BCUT2D eigenvalue weighted by atomic mass is 32.2. The Balaban J connectivity index is 1.42. The van der Waals surface area contributed by atoms with Crippen molar-refractivity contribution in [3.05, 3.63) is 113 Å². The zero-order valence-corrected chi connectivity index (χ0v) is 23.2. The fourth-order valence-electron chi connectivity index (χ4n) is 5.61. The molecule has 1 amide bonds. The van der Waals surface area contributed by atoms with Gasteiger partial charge in [-0.2, -0.15) is 0 Å². The zero-order chi connectivity index (χ0) is 27.4. The fraction of sp³-hybridized carbons (Fsp3) is 0.281. The topological polar surface area (TPSA) is 75.7 Å². The molecule has 0 radical (unpaired) electrons. The summed E-state index contributed by atoms with van der Waals surface area (Å²) in [5, 5.41) is 5.20. The summed E-state index contributed by atoms with van der Waals surface area (Å²) in [6.45, 7) is 0.875. The van der Waals surface area contributed by atoms with Crippen molar-refractivity contribution in [2.24, 2.45) is 0 Å². The molecule has 0 spiro atoms. The van der Waals surface area contributed by atoms with Gasteiger partial charge < -0.3 is 14.8 Å². The highest BCUT2D eigenvalue weighted by Crippen LogP contribution is 2.35. The van der Waals surface area contributed by atoms with Crippen LogP contribution in [-0.4, -0.2) is 33.7 Å². The zero-order valence-electron chi connectivity index (χ0n) is 22.4. The van der Waals surface area contributed by atoms with Crippen LogP contribution in [0.15, 0.2) is 91.0 Å². The smallest absolute Gasteiger partial charge is 0.222 e. The van der Waals surface area contributed by atoms with E-state index in [0.29, 0.717) is 5.69 Å². The summed E-state index contributed by atoms with van der Waals surface area (Å²) in [7, 11) is 4.11. The van der Waals surface area contributed by atoms with Crippen molar-refractivity contribution in [2.75, 3.05) is 18.4 Å². The Kier molecular flexibility index (Phi) is 8.41. The maximum atomic E-state index is 13.5. The number of hydrogen-bond donors (Lipinski definition) is 1. The van der Waals surface area contributed by atoms with Crippen LogP contribution in [0.4, 0.5) is 5.69 Å². The molecule has 0 saturated heterocycles. The van der Waals surface area contributed by atoms with Gasteiger partial charge in [0.15, 0.2) is 0 Å². The lowest BCUT2D eigenvalue weighted by molar-refractivity contribution is -0.122. The number of hydrogen-bond acceptors (Lipinski definition) is 4. The summed E-state index contributed by atoms with van der Waals surface area (Å²) < 4.78 is 26.7. The summed E-state index contributed by atoms with van der Waals surface area (Å²) in [6, 6.07) is 28.5. The minimum Gasteiger partial charge on any atom is -0.755 e. The van der Waals surface area contributed by atoms with Crippen molar-refractivity contribution in [3.63, 3.8) is 0 Å². The molecule has 39 heavy (non-hydrogen) atoms. The van der Waals surface area contributed by atoms with Gasteiger partial charge in [-0.3, -0.25) is 13.3 Å². The molecule has 0 aromatic heterocycles. The fourth-order valence-corrected chi connectivity index (χ4v) is 6.29. The van der Waals surface area contributed by atoms with Gasteiger partial charge in [0, 0.05) is 23.5 Å². The normalized spacial score (nSPS) is 16.5. The third kappa shape index (κ3) is 6.38. The van der Waals surface area contributed by atoms with Gasteiger partial charge >= 0.3 is 0 Å². The van der Waals surface area contributed by atoms with E-state index >= 15 is 0 Å². The third-order valence-electron chi connectivity index (χ3n) is 7.35. The van der Waals surface area contributed by atoms with Crippen molar-refractivity contribution in [1.29, 1.82) is 0 Å². The van der Waals surface area contributed by atoms with Crippen LogP contribution >= 0.6 is 0 Å². The van der Waals surface area contributed by atoms with Crippen molar-refractivity contribution in [2.45, 2.75) is 44.3 Å². The Hall–Kier alpha value is -3.52. The first-order valence-electron chi connectivity index (χ1n) is 13.4. The maximum absolute atomic E-state index is 13.5. The molecule has 0 heterocycles. The molecule has 0 bridgehead atoms. The van der Waals surface area contributed by atoms with E-state index in [2.05, 4.69) is 42.5 Å². The average molecular weight is 541 g/mol. The Bertz CT molecular complexity index is 1470. The van der Waals surface area contributed by atoms with E-state index in [1.165, 1.54) is 15.4 Å². The van der Waals surface area contributed by atoms with Crippen molar-refractivity contribution in [1.82, 2.24) is 10.2 Å². The van der Waals surface area contributed by atoms with E-state index in [4.69, 9.17) is 0 Å². The van der Waals surface area contributed by atoms with Crippen molar-refractivity contribution in [3.8, 4) is 0 Å². The molecule has 7 heteroatoms. The first-order valence-corrected chi connectivity index (χ1v) is 14.4. The van der Waals surface area contributed by atoms with Gasteiger partial charge in [-0.25, -0.2) is 0 Å². The SMILES string of the molecule is CN(C)Cc1ccc2c(c1)CCCC2NC(=O)CC(c1ccccc1)N(c1ccc2ccccc2c1)S(=O)[O-]. The predicted molar refractivity (Wildman–Crippen MR) is 157 cm³/mol. The first kappa shape index (κ1) is 27.1. The molecular formula is C32H34N3O3S-. The minimum atomic E-state index is -2.60. The lowest BCUT2D eigenvalue weighted by Gasteiger charge is -2.35. The predicted octanol–water partition coefficient (Wildman–Crippen LogP) is 5.83. The Morgan fingerprint density at radius 2 is 1.72 bits per heavy atom. The summed E-state index contributed by atoms with van der Waals surface area (Å²) >= 11 is -2.60. The van der Waals surface area contributed by atoms with Gasteiger partial charge in [-0.05, 0) is 78.5 Å². The van der Waals surface area contributed by atoms with E-state index in [9.17, 15) is 13.6 Å². The van der Waals surface area contributed by atoms with Crippen LogP contribution in [0.5, 0.6) is 0 Å². The van der Waals surface area contributed by atoms with E-state index in [1.54, 1.807) is 6.07 Å². The summed E-state index contributed by atoms with van der Waals surface area (Å²) in [6.07, 6.45) is 2.87. The monoisotopic (exact) mass is 540 g/mol. The molecule has 1 aliphatic rings. The van der Waals surface area contributed by atoms with Gasteiger partial charge in [-0.1, -0.05) is 78.9 Å². The molecule has 0 saturated carbocycles. The molecular weight excluding hydrogens is 506 g/mol. The van der Waals surface area contributed by atoms with Gasteiger partial charge in [0.05, 0.1) is 18.5 Å². The van der Waals surface area contributed by atoms with Crippen LogP contribution < -0.4 is 9.62 Å². The maximum Gasteiger partial charge on any atom is 0.222 e. The number of fused-ring (bicyclic) bond motifs is 2. The lowest BCUT2D eigenvalue weighted by atomic mass is 9.86. The quantitative estimate of drug-likeness (QED) is 0.271. The molecule has 4 aromatic carbocycles. The van der Waals surface area contributed by atoms with E-state index in [-0.39, 0.29) is 18.4 Å². The van der Waals surface area contributed by atoms with Crippen LogP contribution in [0.25, 0.3) is 10.8 Å². The molecule has 0 fully saturated rings. The number of carbonyl (C=O) groups excluding carboxylic acids is 1. The van der Waals surface area contributed by atoms with E-state index in [1.807, 2.05) is 66.7 Å². The van der Waals surface area contributed by atoms with Crippen molar-refractivity contribution >= 4 is 33.6 Å². The summed E-state index contributed by atoms with van der Waals surface area (Å²) in [4.78, 5) is 15.7. The second-order valence-corrected chi connectivity index (χ2v) is 11.3. The number of benzene rings is 4. The van der Waals surface area contributed by atoms with Gasteiger partial charge in [0.2, 0.25) is 5.91 Å². The molecule has 6 nitrogen and oxygen atoms in total. The molecule has 3 unspecified atom stereocenters. The van der Waals surface area contributed by atoms with Crippen LogP contribution in [0.3, 0.4) is 0 Å². The van der Waals surface area contributed by atoms with Gasteiger partial charge in [0.25, 0.3) is 0 Å². The third-order valence-corrected chi connectivity index (χ3v) is 8.14. The Morgan fingerprint density at radius 1 is 0.974 bits per heavy atom. The van der Waals surface area contributed by atoms with Gasteiger partial charge in [0.1, 0.15) is 0 Å². The number of nitrogens with one attached hydrogen (secondary N) is 1. The molecule has 5 rings (SSSR count). The second-order valence-electron chi connectivity index (χ2n) is 10.5. The first-order chi connectivity index (χ1) is 18.9. The van der Waals surface area contributed by atoms with E-state index in [0.717, 1.165) is 47.7 Å². The Morgan fingerprint density at radius 3 is 2.46 bits per heavy atom. The minimum absolute atomic E-state index is 0.00929. The average Bonchev–Trinajstić information content (AvgIpc) is 2.92. The molecule has 202 valence electrons. The number of amides is 1. The summed E-state index contributed by atoms with van der Waals surface area (Å²) in [5.74, 6) is -0.171. The van der Waals surface area contributed by atoms with E-state index < -0.39 is 17.3 Å². The van der Waals surface area contributed by atoms with Crippen LogP contribution in [-0.2, 0) is 29.0 Å². The molecule has 1 aliphatic carbocycles. The number of carbonyl (C=O) groups is 1. The number of rotatable bonds is 9. The van der Waals surface area contributed by atoms with Crippen molar-refractivity contribution < 1.29 is 13.6 Å². The Labute approximate surface area is 233 Å². The highest BCUT2D eigenvalue weighted by Gasteiger charge is 2.28. The number of aryl methyl sites for hydroxylation is 1. The van der Waals surface area contributed by atoms with Gasteiger partial charge in [-0.15, -0.1) is 0 Å². The van der Waals surface area contributed by atoms with Crippen LogP contribution in [0.2, 0.25) is 0 Å². The molecule has 0 aliphatic heterocycles. The second kappa shape index (κ2) is 12.1.